The molecule has 0 radical (unpaired) electrons. The first-order valence-corrected chi connectivity index (χ1v) is 9.91. The van der Waals surface area contributed by atoms with Gasteiger partial charge in [0.2, 0.25) is 0 Å². The zero-order valence-corrected chi connectivity index (χ0v) is 15.9. The Bertz CT molecular complexity index is 891. The molecule has 2 heterocycles. The molecule has 4 atom stereocenters. The number of benzene rings is 1. The zero-order chi connectivity index (χ0) is 17.6. The minimum absolute atomic E-state index is 0.166. The Morgan fingerprint density at radius 1 is 1.04 bits per heavy atom. The van der Waals surface area contributed by atoms with Gasteiger partial charge in [0, 0.05) is 29.1 Å². The van der Waals surface area contributed by atoms with Crippen LogP contribution in [-0.4, -0.2) is 10.4 Å². The van der Waals surface area contributed by atoms with Crippen LogP contribution in [0.5, 0.6) is 0 Å². The second kappa shape index (κ2) is 4.58. The second-order valence-corrected chi connectivity index (χ2v) is 9.87. The zero-order valence-electron chi connectivity index (χ0n) is 15.9. The van der Waals surface area contributed by atoms with Crippen molar-refractivity contribution in [2.45, 2.75) is 65.8 Å². The number of ketones is 1. The van der Waals surface area contributed by atoms with Gasteiger partial charge in [-0.2, -0.15) is 0 Å². The molecule has 3 aliphatic rings. The second-order valence-electron chi connectivity index (χ2n) is 9.87. The fourth-order valence-corrected chi connectivity index (χ4v) is 7.09. The van der Waals surface area contributed by atoms with Crippen LogP contribution in [0.2, 0.25) is 0 Å². The van der Waals surface area contributed by atoms with Crippen LogP contribution in [0.15, 0.2) is 30.3 Å². The highest BCUT2D eigenvalue weighted by Gasteiger charge is 2.64. The van der Waals surface area contributed by atoms with Crippen molar-refractivity contribution in [2.24, 2.45) is 22.2 Å². The van der Waals surface area contributed by atoms with Crippen LogP contribution in [0.4, 0.5) is 0 Å². The summed E-state index contributed by atoms with van der Waals surface area (Å²) in [4.78, 5) is 12.6. The molecule has 1 aromatic carbocycles. The maximum atomic E-state index is 12.6. The summed E-state index contributed by atoms with van der Waals surface area (Å²) in [5.41, 5.74) is 3.24. The number of carbonyl (C=O) groups is 1. The molecule has 2 aromatic rings. The molecule has 4 unspecified atom stereocenters. The molecule has 132 valence electrons. The fourth-order valence-electron chi connectivity index (χ4n) is 7.09. The minimum atomic E-state index is -0.166. The van der Waals surface area contributed by atoms with Crippen molar-refractivity contribution in [3.8, 4) is 0 Å². The summed E-state index contributed by atoms with van der Waals surface area (Å²) in [5.74, 6) is 0.999. The van der Waals surface area contributed by atoms with E-state index in [9.17, 15) is 4.79 Å². The molecular formula is C23H29NO. The van der Waals surface area contributed by atoms with Crippen molar-refractivity contribution < 1.29 is 4.79 Å². The van der Waals surface area contributed by atoms with Crippen molar-refractivity contribution in [2.75, 3.05) is 0 Å². The van der Waals surface area contributed by atoms with Crippen molar-refractivity contribution in [3.63, 3.8) is 0 Å². The lowest BCUT2D eigenvalue weighted by Gasteiger charge is -2.62. The molecule has 0 amide bonds. The van der Waals surface area contributed by atoms with Gasteiger partial charge in [-0.1, -0.05) is 45.9 Å². The summed E-state index contributed by atoms with van der Waals surface area (Å²) in [6.45, 7) is 9.46. The molecule has 0 bridgehead atoms. The van der Waals surface area contributed by atoms with Crippen LogP contribution in [0, 0.1) is 22.2 Å². The van der Waals surface area contributed by atoms with Crippen LogP contribution in [0.1, 0.15) is 65.1 Å². The van der Waals surface area contributed by atoms with E-state index < -0.39 is 0 Å². The van der Waals surface area contributed by atoms with E-state index in [2.05, 4.69) is 62.6 Å². The molecule has 2 aliphatic carbocycles. The van der Waals surface area contributed by atoms with Crippen LogP contribution >= 0.6 is 0 Å². The predicted molar refractivity (Wildman–Crippen MR) is 102 cm³/mol. The number of nitrogens with zero attached hydrogens (tertiary/aromatic N) is 1. The summed E-state index contributed by atoms with van der Waals surface area (Å²) in [5, 5.41) is 1.38. The standard InChI is InChI=1S/C23H29NO/c1-21(2)18-9-10-19-23(4,22(18,3)12-11-20(21)25)14-16-13-15-7-5-6-8-17(15)24(16)19/h5-8,13,18-19H,9-12,14H2,1-4H3. The normalized spacial score (nSPS) is 39.1. The lowest BCUT2D eigenvalue weighted by molar-refractivity contribution is -0.162. The van der Waals surface area contributed by atoms with Crippen LogP contribution in [-0.2, 0) is 11.2 Å². The monoisotopic (exact) mass is 335 g/mol. The molecular weight excluding hydrogens is 306 g/mol. The molecule has 2 nitrogen and oxygen atoms in total. The highest BCUT2D eigenvalue weighted by molar-refractivity contribution is 5.86. The molecule has 0 spiro atoms. The quantitative estimate of drug-likeness (QED) is 0.618. The van der Waals surface area contributed by atoms with Crippen molar-refractivity contribution in [1.29, 1.82) is 0 Å². The van der Waals surface area contributed by atoms with E-state index in [0.717, 1.165) is 19.3 Å². The summed E-state index contributed by atoms with van der Waals surface area (Å²) in [6, 6.07) is 11.8. The lowest BCUT2D eigenvalue weighted by Crippen LogP contribution is -2.58. The van der Waals surface area contributed by atoms with Gasteiger partial charge in [-0.15, -0.1) is 0 Å². The van der Waals surface area contributed by atoms with Gasteiger partial charge in [0.05, 0.1) is 0 Å². The van der Waals surface area contributed by atoms with Crippen LogP contribution < -0.4 is 0 Å². The van der Waals surface area contributed by atoms with Gasteiger partial charge >= 0.3 is 0 Å². The number of hydrogen-bond acceptors (Lipinski definition) is 1. The van der Waals surface area contributed by atoms with Crippen molar-refractivity contribution >= 4 is 16.7 Å². The van der Waals surface area contributed by atoms with Gasteiger partial charge in [0.15, 0.2) is 0 Å². The number of carbonyl (C=O) groups excluding carboxylic acids is 1. The number of rotatable bonds is 0. The van der Waals surface area contributed by atoms with Gasteiger partial charge in [0.1, 0.15) is 5.78 Å². The largest absolute Gasteiger partial charge is 0.341 e. The third-order valence-electron chi connectivity index (χ3n) is 8.69. The van der Waals surface area contributed by atoms with Crippen LogP contribution in [0.25, 0.3) is 10.9 Å². The highest BCUT2D eigenvalue weighted by atomic mass is 16.1. The number of aromatic nitrogens is 1. The average molecular weight is 335 g/mol. The number of hydrogen-bond donors (Lipinski definition) is 0. The summed E-state index contributed by atoms with van der Waals surface area (Å²) in [7, 11) is 0. The molecule has 2 fully saturated rings. The Morgan fingerprint density at radius 3 is 2.60 bits per heavy atom. The van der Waals surface area contributed by atoms with Gasteiger partial charge in [-0.25, -0.2) is 0 Å². The minimum Gasteiger partial charge on any atom is -0.341 e. The topological polar surface area (TPSA) is 22.0 Å². The predicted octanol–water partition coefficient (Wildman–Crippen LogP) is 5.55. The summed E-state index contributed by atoms with van der Waals surface area (Å²) < 4.78 is 2.65. The van der Waals surface area contributed by atoms with E-state index in [1.54, 1.807) is 0 Å². The Labute approximate surface area is 150 Å². The van der Waals surface area contributed by atoms with E-state index >= 15 is 0 Å². The van der Waals surface area contributed by atoms with Gasteiger partial charge in [-0.3, -0.25) is 4.79 Å². The molecule has 2 heteroatoms. The summed E-state index contributed by atoms with van der Waals surface area (Å²) in [6.07, 6.45) is 5.37. The molecule has 5 rings (SSSR count). The SMILES string of the molecule is CC1(C)C(=O)CCC2(C)C1CCC1n3c(cc4ccccc43)CC12C. The van der Waals surface area contributed by atoms with Gasteiger partial charge < -0.3 is 4.57 Å². The van der Waals surface area contributed by atoms with Crippen molar-refractivity contribution in [1.82, 2.24) is 4.57 Å². The maximum Gasteiger partial charge on any atom is 0.138 e. The van der Waals surface area contributed by atoms with Gasteiger partial charge in [-0.05, 0) is 60.0 Å². The highest BCUT2D eigenvalue weighted by Crippen LogP contribution is 2.69. The number of para-hydroxylation sites is 1. The Balaban J connectivity index is 1.66. The smallest absolute Gasteiger partial charge is 0.138 e. The average Bonchev–Trinajstić information content (AvgIpc) is 3.05. The maximum absolute atomic E-state index is 12.6. The van der Waals surface area contributed by atoms with E-state index in [0.29, 0.717) is 17.7 Å². The Kier molecular flexibility index (Phi) is 2.87. The van der Waals surface area contributed by atoms with Crippen LogP contribution in [0.3, 0.4) is 0 Å². The van der Waals surface area contributed by atoms with E-state index in [1.165, 1.54) is 29.4 Å². The number of Topliss-reactive ketones (excluding diaryl/α,β-unsaturated/α-hetero) is 1. The summed E-state index contributed by atoms with van der Waals surface area (Å²) >= 11 is 0. The molecule has 1 aromatic heterocycles. The third kappa shape index (κ3) is 1.69. The molecule has 25 heavy (non-hydrogen) atoms. The Hall–Kier alpha value is -1.57. The molecule has 0 N–H and O–H groups in total. The molecule has 1 aliphatic heterocycles. The molecule has 2 saturated carbocycles. The fraction of sp³-hybridized carbons (Fsp3) is 0.609. The first-order valence-electron chi connectivity index (χ1n) is 9.91. The first kappa shape index (κ1) is 15.7. The Morgan fingerprint density at radius 2 is 1.80 bits per heavy atom. The third-order valence-corrected chi connectivity index (χ3v) is 8.69. The van der Waals surface area contributed by atoms with Crippen molar-refractivity contribution in [3.05, 3.63) is 36.0 Å². The van der Waals surface area contributed by atoms with E-state index in [-0.39, 0.29) is 16.2 Å². The van der Waals surface area contributed by atoms with E-state index in [4.69, 9.17) is 0 Å². The van der Waals surface area contributed by atoms with E-state index in [1.807, 2.05) is 0 Å². The number of fused-ring (bicyclic) bond motifs is 7. The van der Waals surface area contributed by atoms with Gasteiger partial charge in [0.25, 0.3) is 0 Å². The lowest BCUT2D eigenvalue weighted by atomic mass is 9.42. The molecule has 0 saturated heterocycles. The first-order chi connectivity index (χ1) is 11.8.